The third kappa shape index (κ3) is 2.07. The minimum Gasteiger partial charge on any atom is -0.0622 e. The van der Waals surface area contributed by atoms with E-state index < -0.39 is 0 Å². The first-order valence-electron chi connectivity index (χ1n) is 4.07. The summed E-state index contributed by atoms with van der Waals surface area (Å²) in [5.41, 5.74) is 1.41. The molecule has 1 unspecified atom stereocenters. The van der Waals surface area contributed by atoms with E-state index in [0.717, 1.165) is 0 Å². The molecular weight excluding hydrogens is 132 g/mol. The Hall–Kier alpha value is -0.780. The van der Waals surface area contributed by atoms with Crippen molar-refractivity contribution < 1.29 is 0 Å². The maximum atomic E-state index is 2.24. The van der Waals surface area contributed by atoms with Gasteiger partial charge in [0.1, 0.15) is 0 Å². The maximum absolute atomic E-state index is 2.24. The van der Waals surface area contributed by atoms with Crippen LogP contribution in [0.25, 0.3) is 0 Å². The second-order valence-corrected chi connectivity index (χ2v) is 3.21. The summed E-state index contributed by atoms with van der Waals surface area (Å²) in [6.45, 7) is 6.60. The minimum atomic E-state index is 0.594. The van der Waals surface area contributed by atoms with Crippen LogP contribution >= 0.6 is 0 Å². The summed E-state index contributed by atoms with van der Waals surface area (Å²) in [4.78, 5) is 0. The largest absolute Gasteiger partial charge is 0.0622 e. The van der Waals surface area contributed by atoms with Crippen LogP contribution in [0.4, 0.5) is 0 Å². The lowest BCUT2D eigenvalue weighted by Gasteiger charge is -2.14. The Morgan fingerprint density at radius 2 is 1.64 bits per heavy atom. The summed E-state index contributed by atoms with van der Waals surface area (Å²) in [5.74, 6) is 2.06. The van der Waals surface area contributed by atoms with Gasteiger partial charge in [-0.1, -0.05) is 51.1 Å². The molecule has 0 aliphatic carbocycles. The van der Waals surface area contributed by atoms with Gasteiger partial charge in [0.2, 0.25) is 0 Å². The molecule has 0 nitrogen and oxygen atoms in total. The van der Waals surface area contributed by atoms with Crippen LogP contribution in [-0.2, 0) is 0 Å². The summed E-state index contributed by atoms with van der Waals surface area (Å²) >= 11 is 0. The molecule has 0 fully saturated rings. The van der Waals surface area contributed by atoms with Crippen molar-refractivity contribution in [3.63, 3.8) is 0 Å². The van der Waals surface area contributed by atoms with Crippen LogP contribution in [-0.4, -0.2) is 0 Å². The predicted molar refractivity (Wildman–Crippen MR) is 49.4 cm³/mol. The fourth-order valence-corrected chi connectivity index (χ4v) is 1.08. The highest BCUT2D eigenvalue weighted by Crippen LogP contribution is 2.24. The SMILES string of the molecule is C[C](C)C(C)c1ccccc1. The highest BCUT2D eigenvalue weighted by atomic mass is 14.1. The van der Waals surface area contributed by atoms with Crippen LogP contribution in [0, 0.1) is 5.92 Å². The molecule has 0 saturated heterocycles. The van der Waals surface area contributed by atoms with E-state index in [-0.39, 0.29) is 0 Å². The van der Waals surface area contributed by atoms with Gasteiger partial charge in [-0.25, -0.2) is 0 Å². The number of hydrogen-bond donors (Lipinski definition) is 0. The van der Waals surface area contributed by atoms with Gasteiger partial charge in [-0.2, -0.15) is 0 Å². The lowest BCUT2D eigenvalue weighted by atomic mass is 9.91. The fourth-order valence-electron chi connectivity index (χ4n) is 1.08. The summed E-state index contributed by atoms with van der Waals surface area (Å²) < 4.78 is 0. The molecule has 0 amide bonds. The molecular formula is C11H15. The van der Waals surface area contributed by atoms with E-state index in [9.17, 15) is 0 Å². The van der Waals surface area contributed by atoms with Gasteiger partial charge in [-0.15, -0.1) is 0 Å². The van der Waals surface area contributed by atoms with Crippen LogP contribution < -0.4 is 0 Å². The summed E-state index contributed by atoms with van der Waals surface area (Å²) in [7, 11) is 0. The molecule has 0 aliphatic rings. The Morgan fingerprint density at radius 1 is 1.09 bits per heavy atom. The van der Waals surface area contributed by atoms with E-state index in [2.05, 4.69) is 51.1 Å². The van der Waals surface area contributed by atoms with Crippen molar-refractivity contribution in [2.75, 3.05) is 0 Å². The topological polar surface area (TPSA) is 0 Å². The molecule has 1 radical (unpaired) electrons. The molecule has 11 heavy (non-hydrogen) atoms. The van der Waals surface area contributed by atoms with Crippen molar-refractivity contribution in [2.24, 2.45) is 0 Å². The smallest absolute Gasteiger partial charge is 0.0134 e. The van der Waals surface area contributed by atoms with Crippen LogP contribution in [0.15, 0.2) is 30.3 Å². The molecule has 0 aliphatic heterocycles. The van der Waals surface area contributed by atoms with Gasteiger partial charge in [0.05, 0.1) is 0 Å². The molecule has 0 N–H and O–H groups in total. The first-order valence-corrected chi connectivity index (χ1v) is 4.07. The summed E-state index contributed by atoms with van der Waals surface area (Å²) in [6, 6.07) is 10.6. The van der Waals surface area contributed by atoms with Crippen LogP contribution in [0.3, 0.4) is 0 Å². The first kappa shape index (κ1) is 8.32. The van der Waals surface area contributed by atoms with Crippen molar-refractivity contribution in [1.82, 2.24) is 0 Å². The Balaban J connectivity index is 2.77. The predicted octanol–water partition coefficient (Wildman–Crippen LogP) is 3.40. The molecule has 0 bridgehead atoms. The van der Waals surface area contributed by atoms with E-state index >= 15 is 0 Å². The molecule has 0 saturated carbocycles. The lowest BCUT2D eigenvalue weighted by Crippen LogP contribution is -1.98. The number of hydrogen-bond acceptors (Lipinski definition) is 0. The Bertz CT molecular complexity index is 199. The van der Waals surface area contributed by atoms with E-state index in [1.807, 2.05) is 0 Å². The van der Waals surface area contributed by atoms with Crippen LogP contribution in [0.1, 0.15) is 32.3 Å². The zero-order valence-corrected chi connectivity index (χ0v) is 7.46. The Labute approximate surface area is 69.3 Å². The number of rotatable bonds is 2. The van der Waals surface area contributed by atoms with Crippen molar-refractivity contribution in [3.8, 4) is 0 Å². The van der Waals surface area contributed by atoms with Gasteiger partial charge in [-0.05, 0) is 17.4 Å². The van der Waals surface area contributed by atoms with Gasteiger partial charge >= 0.3 is 0 Å². The monoisotopic (exact) mass is 147 g/mol. The molecule has 0 spiro atoms. The van der Waals surface area contributed by atoms with Crippen molar-refractivity contribution >= 4 is 0 Å². The molecule has 1 aromatic rings. The van der Waals surface area contributed by atoms with E-state index in [1.165, 1.54) is 11.5 Å². The van der Waals surface area contributed by atoms with E-state index in [1.54, 1.807) is 0 Å². The second-order valence-electron chi connectivity index (χ2n) is 3.21. The first-order chi connectivity index (χ1) is 5.22. The quantitative estimate of drug-likeness (QED) is 0.601. The third-order valence-electron chi connectivity index (χ3n) is 2.17. The Kier molecular flexibility index (Phi) is 2.70. The molecule has 59 valence electrons. The standard InChI is InChI=1S/C11H15/c1-9(2)10(3)11-7-5-4-6-8-11/h4-8,10H,1-3H3. The minimum absolute atomic E-state index is 0.594. The summed E-state index contributed by atoms with van der Waals surface area (Å²) in [6.07, 6.45) is 0. The normalized spacial score (nSPS) is 13.5. The van der Waals surface area contributed by atoms with Gasteiger partial charge < -0.3 is 0 Å². The molecule has 1 atom stereocenters. The number of benzene rings is 1. The highest BCUT2D eigenvalue weighted by Gasteiger charge is 2.08. The molecule has 0 heterocycles. The summed E-state index contributed by atoms with van der Waals surface area (Å²) in [5, 5.41) is 0. The van der Waals surface area contributed by atoms with Gasteiger partial charge in [0.15, 0.2) is 0 Å². The second kappa shape index (κ2) is 3.56. The van der Waals surface area contributed by atoms with Crippen molar-refractivity contribution in [3.05, 3.63) is 41.8 Å². The van der Waals surface area contributed by atoms with Gasteiger partial charge in [0, 0.05) is 0 Å². The zero-order chi connectivity index (χ0) is 8.27. The van der Waals surface area contributed by atoms with Crippen molar-refractivity contribution in [2.45, 2.75) is 26.7 Å². The van der Waals surface area contributed by atoms with E-state index in [4.69, 9.17) is 0 Å². The molecule has 0 aromatic heterocycles. The average molecular weight is 147 g/mol. The lowest BCUT2D eigenvalue weighted by molar-refractivity contribution is 0.775. The molecule has 0 heteroatoms. The molecule has 1 aromatic carbocycles. The van der Waals surface area contributed by atoms with Gasteiger partial charge in [-0.3, -0.25) is 0 Å². The van der Waals surface area contributed by atoms with Gasteiger partial charge in [0.25, 0.3) is 0 Å². The Morgan fingerprint density at radius 3 is 2.09 bits per heavy atom. The molecule has 1 rings (SSSR count). The van der Waals surface area contributed by atoms with Crippen LogP contribution in [0.2, 0.25) is 0 Å². The highest BCUT2D eigenvalue weighted by molar-refractivity contribution is 5.23. The fraction of sp³-hybridized carbons (Fsp3) is 0.364. The zero-order valence-electron chi connectivity index (χ0n) is 7.46. The average Bonchev–Trinajstić information content (AvgIpc) is 2.05. The van der Waals surface area contributed by atoms with Crippen molar-refractivity contribution in [1.29, 1.82) is 0 Å². The third-order valence-corrected chi connectivity index (χ3v) is 2.17. The van der Waals surface area contributed by atoms with Crippen LogP contribution in [0.5, 0.6) is 0 Å². The van der Waals surface area contributed by atoms with E-state index in [0.29, 0.717) is 5.92 Å². The maximum Gasteiger partial charge on any atom is -0.0134 e.